The van der Waals surface area contributed by atoms with Crippen LogP contribution in [0.25, 0.3) is 22.3 Å². The van der Waals surface area contributed by atoms with Gasteiger partial charge in [-0.25, -0.2) is 4.39 Å². The third-order valence-corrected chi connectivity index (χ3v) is 4.43. The fraction of sp³-hybridized carbons (Fsp3) is 0.150. The van der Waals surface area contributed by atoms with Crippen LogP contribution in [0.2, 0.25) is 5.02 Å². The second-order valence-electron chi connectivity index (χ2n) is 6.42. The Morgan fingerprint density at radius 1 is 1.21 bits per heavy atom. The third kappa shape index (κ3) is 4.13. The summed E-state index contributed by atoms with van der Waals surface area (Å²) in [7, 11) is 0. The molecule has 3 N–H and O–H groups in total. The molecule has 4 aromatic rings. The smallest absolute Gasteiger partial charge is 0.326 e. The van der Waals surface area contributed by atoms with Crippen molar-refractivity contribution in [2.75, 3.05) is 11.9 Å². The van der Waals surface area contributed by atoms with Crippen LogP contribution in [0.3, 0.4) is 0 Å². The van der Waals surface area contributed by atoms with Crippen LogP contribution in [0.4, 0.5) is 10.2 Å². The number of aromatic nitrogens is 4. The molecule has 0 amide bonds. The number of nitrogens with zero attached hydrogens (tertiary/aromatic N) is 3. The van der Waals surface area contributed by atoms with Crippen LogP contribution < -0.4 is 10.1 Å². The van der Waals surface area contributed by atoms with Gasteiger partial charge in [-0.3, -0.25) is 5.10 Å². The van der Waals surface area contributed by atoms with Crippen LogP contribution in [0.5, 0.6) is 11.8 Å². The summed E-state index contributed by atoms with van der Waals surface area (Å²) < 4.78 is 19.1. The van der Waals surface area contributed by atoms with Crippen molar-refractivity contribution in [3.63, 3.8) is 0 Å². The monoisotopic (exact) mass is 413 g/mol. The van der Waals surface area contributed by atoms with E-state index < -0.39 is 11.9 Å². The maximum atomic E-state index is 13.5. The Bertz CT molecular complexity index is 1160. The summed E-state index contributed by atoms with van der Waals surface area (Å²) in [5.74, 6) is 0.237. The normalized spacial score (nSPS) is 12.1. The van der Waals surface area contributed by atoms with Gasteiger partial charge in [0, 0.05) is 18.2 Å². The van der Waals surface area contributed by atoms with Crippen molar-refractivity contribution < 1.29 is 14.2 Å². The lowest BCUT2D eigenvalue weighted by Gasteiger charge is -2.11. The van der Waals surface area contributed by atoms with E-state index in [0.717, 1.165) is 0 Å². The summed E-state index contributed by atoms with van der Waals surface area (Å²) in [6.07, 6.45) is -0.608. The number of aliphatic hydroxyl groups excluding tert-OH is 1. The Kier molecular flexibility index (Phi) is 5.28. The maximum Gasteiger partial charge on any atom is 0.326 e. The predicted molar refractivity (Wildman–Crippen MR) is 109 cm³/mol. The summed E-state index contributed by atoms with van der Waals surface area (Å²) in [6, 6.07) is 13.0. The van der Waals surface area contributed by atoms with Crippen LogP contribution in [0.1, 0.15) is 6.92 Å². The molecule has 148 valence electrons. The maximum absolute atomic E-state index is 13.5. The Balaban J connectivity index is 1.81. The molecule has 0 saturated heterocycles. The second-order valence-corrected chi connectivity index (χ2v) is 6.83. The molecule has 1 atom stereocenters. The van der Waals surface area contributed by atoms with Crippen molar-refractivity contribution in [2.45, 2.75) is 13.0 Å². The molecule has 0 aliphatic heterocycles. The molecule has 2 heterocycles. The number of ether oxygens (including phenoxy) is 1. The molecular formula is C20H17ClFN5O2. The van der Waals surface area contributed by atoms with Gasteiger partial charge < -0.3 is 15.2 Å². The second kappa shape index (κ2) is 8.02. The summed E-state index contributed by atoms with van der Waals surface area (Å²) in [5, 5.41) is 21.1. The minimum atomic E-state index is -0.608. The minimum Gasteiger partial charge on any atom is -0.424 e. The van der Waals surface area contributed by atoms with Crippen LogP contribution in [0.15, 0.2) is 48.5 Å². The number of benzene rings is 2. The first-order valence-corrected chi connectivity index (χ1v) is 9.25. The molecule has 0 fully saturated rings. The lowest BCUT2D eigenvalue weighted by molar-refractivity contribution is 0.208. The number of rotatable bonds is 6. The molecule has 0 bridgehead atoms. The van der Waals surface area contributed by atoms with E-state index in [-0.39, 0.29) is 18.3 Å². The predicted octanol–water partition coefficient (Wildman–Crippen LogP) is 4.40. The molecule has 0 spiro atoms. The van der Waals surface area contributed by atoms with Gasteiger partial charge in [-0.15, -0.1) is 0 Å². The number of hydrogen-bond donors (Lipinski definition) is 3. The highest BCUT2D eigenvalue weighted by molar-refractivity contribution is 6.33. The molecule has 0 aliphatic carbocycles. The van der Waals surface area contributed by atoms with E-state index in [1.165, 1.54) is 18.2 Å². The third-order valence-electron chi connectivity index (χ3n) is 4.10. The Hall–Kier alpha value is -3.23. The van der Waals surface area contributed by atoms with Gasteiger partial charge in [0.1, 0.15) is 23.1 Å². The van der Waals surface area contributed by atoms with Gasteiger partial charge in [0.05, 0.1) is 16.5 Å². The zero-order chi connectivity index (χ0) is 20.4. The van der Waals surface area contributed by atoms with Gasteiger partial charge in [-0.1, -0.05) is 35.9 Å². The topological polar surface area (TPSA) is 96.0 Å². The van der Waals surface area contributed by atoms with Gasteiger partial charge in [0.25, 0.3) is 0 Å². The number of fused-ring (bicyclic) bond motifs is 1. The minimum absolute atomic E-state index is 0.00514. The number of aliphatic hydroxyl groups is 1. The first-order valence-electron chi connectivity index (χ1n) is 8.87. The van der Waals surface area contributed by atoms with E-state index in [9.17, 15) is 9.50 Å². The molecule has 4 rings (SSSR count). The Morgan fingerprint density at radius 3 is 2.79 bits per heavy atom. The van der Waals surface area contributed by atoms with E-state index in [4.69, 9.17) is 16.3 Å². The SMILES string of the molecule is C[C@H](O)CNc1nc(Oc2cccc(F)c2)nc2[nH]nc(-c3ccccc3Cl)c12. The van der Waals surface area contributed by atoms with E-state index in [2.05, 4.69) is 25.5 Å². The summed E-state index contributed by atoms with van der Waals surface area (Å²) in [6.45, 7) is 1.90. The van der Waals surface area contributed by atoms with Crippen molar-refractivity contribution in [3.8, 4) is 23.0 Å². The highest BCUT2D eigenvalue weighted by Crippen LogP contribution is 2.35. The molecule has 0 aliphatic rings. The van der Waals surface area contributed by atoms with Crippen LogP contribution in [-0.2, 0) is 0 Å². The number of nitrogens with one attached hydrogen (secondary N) is 2. The summed E-state index contributed by atoms with van der Waals surface area (Å²) >= 11 is 6.33. The first kappa shape index (κ1) is 19.1. The van der Waals surface area contributed by atoms with Gasteiger partial charge in [-0.05, 0) is 25.1 Å². The van der Waals surface area contributed by atoms with E-state index in [0.29, 0.717) is 33.1 Å². The number of aromatic amines is 1. The fourth-order valence-corrected chi connectivity index (χ4v) is 3.04. The highest BCUT2D eigenvalue weighted by atomic mass is 35.5. The van der Waals surface area contributed by atoms with E-state index in [1.807, 2.05) is 18.2 Å². The summed E-state index contributed by atoms with van der Waals surface area (Å²) in [4.78, 5) is 8.75. The number of H-pyrrole nitrogens is 1. The summed E-state index contributed by atoms with van der Waals surface area (Å²) in [5.41, 5.74) is 1.69. The van der Waals surface area contributed by atoms with Crippen molar-refractivity contribution in [3.05, 3.63) is 59.4 Å². The van der Waals surface area contributed by atoms with E-state index >= 15 is 0 Å². The number of anilines is 1. The van der Waals surface area contributed by atoms with Crippen LogP contribution >= 0.6 is 11.6 Å². The highest BCUT2D eigenvalue weighted by Gasteiger charge is 2.19. The average Bonchev–Trinajstić information content (AvgIpc) is 3.10. The fourth-order valence-electron chi connectivity index (χ4n) is 2.81. The zero-order valence-corrected chi connectivity index (χ0v) is 16.1. The largest absolute Gasteiger partial charge is 0.424 e. The van der Waals surface area contributed by atoms with Gasteiger partial charge >= 0.3 is 6.01 Å². The molecule has 2 aromatic carbocycles. The van der Waals surface area contributed by atoms with Crippen molar-refractivity contribution >= 4 is 28.5 Å². The van der Waals surface area contributed by atoms with Crippen LogP contribution in [0, 0.1) is 5.82 Å². The van der Waals surface area contributed by atoms with Crippen molar-refractivity contribution in [1.82, 2.24) is 20.2 Å². The number of hydrogen-bond acceptors (Lipinski definition) is 6. The lowest BCUT2D eigenvalue weighted by Crippen LogP contribution is -2.16. The zero-order valence-electron chi connectivity index (χ0n) is 15.4. The standard InChI is InChI=1S/C20H17ClFN5O2/c1-11(28)10-23-18-16-17(14-7-2-3-8-15(14)21)26-27-19(16)25-20(24-18)29-13-6-4-5-12(22)9-13/h2-9,11,28H,10H2,1H3,(H2,23,24,25,26,27)/t11-/m0/s1. The molecule has 0 radical (unpaired) electrons. The van der Waals surface area contributed by atoms with Crippen molar-refractivity contribution in [1.29, 1.82) is 0 Å². The van der Waals surface area contributed by atoms with Gasteiger partial charge in [-0.2, -0.15) is 15.1 Å². The van der Waals surface area contributed by atoms with Gasteiger partial charge in [0.15, 0.2) is 5.65 Å². The molecular weight excluding hydrogens is 397 g/mol. The Morgan fingerprint density at radius 2 is 2.03 bits per heavy atom. The molecule has 29 heavy (non-hydrogen) atoms. The number of halogens is 2. The molecule has 7 nitrogen and oxygen atoms in total. The van der Waals surface area contributed by atoms with Gasteiger partial charge in [0.2, 0.25) is 0 Å². The quantitative estimate of drug-likeness (QED) is 0.433. The average molecular weight is 414 g/mol. The lowest BCUT2D eigenvalue weighted by atomic mass is 10.1. The molecule has 2 aromatic heterocycles. The Labute approximate surface area is 170 Å². The van der Waals surface area contributed by atoms with Crippen molar-refractivity contribution in [2.24, 2.45) is 0 Å². The molecule has 0 unspecified atom stereocenters. The molecule has 0 saturated carbocycles. The van der Waals surface area contributed by atoms with Crippen LogP contribution in [-0.4, -0.2) is 37.9 Å². The first-order chi connectivity index (χ1) is 14.0. The molecule has 9 heteroatoms. The van der Waals surface area contributed by atoms with E-state index in [1.54, 1.807) is 19.1 Å².